The van der Waals surface area contributed by atoms with Crippen LogP contribution >= 0.6 is 0 Å². The van der Waals surface area contributed by atoms with Crippen molar-refractivity contribution in [3.8, 4) is 0 Å². The summed E-state index contributed by atoms with van der Waals surface area (Å²) in [5.41, 5.74) is 0.622. The van der Waals surface area contributed by atoms with Gasteiger partial charge in [0.05, 0.1) is 6.61 Å². The van der Waals surface area contributed by atoms with Crippen LogP contribution in [0.15, 0.2) is 83.8 Å². The molecule has 0 unspecified atom stereocenters. The van der Waals surface area contributed by atoms with E-state index in [1.54, 1.807) is 67.6 Å². The fourth-order valence-corrected chi connectivity index (χ4v) is 2.37. The highest BCUT2D eigenvalue weighted by atomic mass is 19.3. The fourth-order valence-electron chi connectivity index (χ4n) is 2.37. The first-order valence-corrected chi connectivity index (χ1v) is 8.38. The van der Waals surface area contributed by atoms with E-state index < -0.39 is 29.1 Å². The van der Waals surface area contributed by atoms with Crippen molar-refractivity contribution >= 4 is 5.97 Å². The van der Waals surface area contributed by atoms with Crippen molar-refractivity contribution in [2.45, 2.75) is 20.0 Å². The molecule has 0 atom stereocenters. The van der Waals surface area contributed by atoms with Gasteiger partial charge in [0.1, 0.15) is 17.9 Å². The van der Waals surface area contributed by atoms with E-state index in [2.05, 4.69) is 0 Å². The third kappa shape index (κ3) is 5.95. The molecule has 0 bridgehead atoms. The molecule has 0 fully saturated rings. The van der Waals surface area contributed by atoms with Crippen LogP contribution in [0.1, 0.15) is 18.1 Å². The van der Waals surface area contributed by atoms with Gasteiger partial charge in [0.15, 0.2) is 0 Å². The molecule has 2 rings (SSSR count). The summed E-state index contributed by atoms with van der Waals surface area (Å²) in [4.78, 5) is 12.2. The average Bonchev–Trinajstić information content (AvgIpc) is 2.66. The topological polar surface area (TPSA) is 55.8 Å². The third-order valence-corrected chi connectivity index (χ3v) is 3.61. The highest BCUT2D eigenvalue weighted by Crippen LogP contribution is 2.25. The molecule has 0 aliphatic heterocycles. The Balaban J connectivity index is 2.35. The zero-order valence-corrected chi connectivity index (χ0v) is 14.8. The SMILES string of the molecule is CCOC(=O)/C(C(OCc1ccccc1)=C(F)F)=C(\O)Cc1ccccc1. The minimum atomic E-state index is -2.21. The van der Waals surface area contributed by atoms with Crippen LogP contribution < -0.4 is 0 Å². The van der Waals surface area contributed by atoms with Gasteiger partial charge in [-0.05, 0) is 18.1 Å². The van der Waals surface area contributed by atoms with Crippen molar-refractivity contribution in [2.75, 3.05) is 6.61 Å². The summed E-state index contributed by atoms with van der Waals surface area (Å²) < 4.78 is 37.1. The van der Waals surface area contributed by atoms with Crippen molar-refractivity contribution in [1.82, 2.24) is 0 Å². The molecule has 0 saturated carbocycles. The van der Waals surface area contributed by atoms with Gasteiger partial charge in [-0.15, -0.1) is 0 Å². The normalized spacial score (nSPS) is 11.4. The minimum Gasteiger partial charge on any atom is -0.511 e. The van der Waals surface area contributed by atoms with E-state index in [0.717, 1.165) is 0 Å². The first kappa shape index (κ1) is 20.2. The zero-order chi connectivity index (χ0) is 19.6. The number of aliphatic hydroxyl groups excluding tert-OH is 1. The molecule has 142 valence electrons. The lowest BCUT2D eigenvalue weighted by Gasteiger charge is -2.14. The molecular formula is C21H20F2O4. The molecule has 0 amide bonds. The predicted octanol–water partition coefficient (Wildman–Crippen LogP) is 4.93. The summed E-state index contributed by atoms with van der Waals surface area (Å²) in [7, 11) is 0. The number of rotatable bonds is 8. The lowest BCUT2D eigenvalue weighted by Crippen LogP contribution is -2.16. The fraction of sp³-hybridized carbons (Fsp3) is 0.190. The van der Waals surface area contributed by atoms with Crippen LogP contribution in [0.2, 0.25) is 0 Å². The maximum absolute atomic E-state index is 13.6. The maximum Gasteiger partial charge on any atom is 0.345 e. The van der Waals surface area contributed by atoms with E-state index in [0.29, 0.717) is 11.1 Å². The van der Waals surface area contributed by atoms with E-state index in [1.807, 2.05) is 0 Å². The summed E-state index contributed by atoms with van der Waals surface area (Å²) in [5, 5.41) is 10.4. The summed E-state index contributed by atoms with van der Waals surface area (Å²) >= 11 is 0. The summed E-state index contributed by atoms with van der Waals surface area (Å²) in [6, 6.07) is 17.3. The Morgan fingerprint density at radius 3 is 2.00 bits per heavy atom. The number of aliphatic hydroxyl groups is 1. The van der Waals surface area contributed by atoms with Crippen LogP contribution in [-0.2, 0) is 27.3 Å². The van der Waals surface area contributed by atoms with Crippen molar-refractivity contribution in [2.24, 2.45) is 0 Å². The third-order valence-electron chi connectivity index (χ3n) is 3.61. The van der Waals surface area contributed by atoms with E-state index in [4.69, 9.17) is 9.47 Å². The molecular weight excluding hydrogens is 354 g/mol. The highest BCUT2D eigenvalue weighted by molar-refractivity contribution is 5.93. The Bertz CT molecular complexity index is 811. The monoisotopic (exact) mass is 374 g/mol. The quantitative estimate of drug-likeness (QED) is 0.308. The van der Waals surface area contributed by atoms with Crippen LogP contribution in [0.4, 0.5) is 8.78 Å². The Morgan fingerprint density at radius 2 is 1.48 bits per heavy atom. The van der Waals surface area contributed by atoms with Gasteiger partial charge in [0.25, 0.3) is 0 Å². The molecule has 27 heavy (non-hydrogen) atoms. The van der Waals surface area contributed by atoms with Gasteiger partial charge in [0.2, 0.25) is 5.76 Å². The van der Waals surface area contributed by atoms with Gasteiger partial charge in [0, 0.05) is 6.42 Å². The minimum absolute atomic E-state index is 0.0270. The Hall–Kier alpha value is -3.15. The highest BCUT2D eigenvalue weighted by Gasteiger charge is 2.27. The standard InChI is InChI=1S/C21H20F2O4/c1-2-26-21(25)18(17(24)13-15-9-5-3-6-10-15)19(20(22)23)27-14-16-11-7-4-8-12-16/h3-12,24H,2,13-14H2,1H3/b18-17-. The van der Waals surface area contributed by atoms with Gasteiger partial charge >= 0.3 is 12.0 Å². The van der Waals surface area contributed by atoms with Crippen LogP contribution in [0.3, 0.4) is 0 Å². The lowest BCUT2D eigenvalue weighted by atomic mass is 10.1. The van der Waals surface area contributed by atoms with E-state index >= 15 is 0 Å². The number of esters is 1. The molecule has 1 N–H and O–H groups in total. The first-order valence-electron chi connectivity index (χ1n) is 8.38. The lowest BCUT2D eigenvalue weighted by molar-refractivity contribution is -0.138. The van der Waals surface area contributed by atoms with Crippen LogP contribution in [-0.4, -0.2) is 17.7 Å². The van der Waals surface area contributed by atoms with Crippen LogP contribution in [0, 0.1) is 0 Å². The molecule has 0 aromatic heterocycles. The second-order valence-corrected chi connectivity index (χ2v) is 5.57. The smallest absolute Gasteiger partial charge is 0.345 e. The second-order valence-electron chi connectivity index (χ2n) is 5.57. The molecule has 0 aliphatic rings. The molecule has 0 heterocycles. The van der Waals surface area contributed by atoms with Crippen LogP contribution in [0.25, 0.3) is 0 Å². The molecule has 0 aliphatic carbocycles. The molecule has 6 heteroatoms. The van der Waals surface area contributed by atoms with Gasteiger partial charge in [-0.3, -0.25) is 0 Å². The molecule has 2 aromatic rings. The second kappa shape index (κ2) is 10.1. The first-order chi connectivity index (χ1) is 13.0. The summed E-state index contributed by atoms with van der Waals surface area (Å²) in [6.45, 7) is 1.33. The number of hydrogen-bond donors (Lipinski definition) is 1. The van der Waals surface area contributed by atoms with E-state index in [9.17, 15) is 18.7 Å². The maximum atomic E-state index is 13.6. The van der Waals surface area contributed by atoms with Crippen LogP contribution in [0.5, 0.6) is 0 Å². The number of carbonyl (C=O) groups excluding carboxylic acids is 1. The molecule has 0 saturated heterocycles. The Kier molecular flexibility index (Phi) is 7.55. The number of hydrogen-bond acceptors (Lipinski definition) is 4. The van der Waals surface area contributed by atoms with Gasteiger partial charge in [-0.2, -0.15) is 8.78 Å². The molecule has 0 spiro atoms. The molecule has 2 aromatic carbocycles. The van der Waals surface area contributed by atoms with Gasteiger partial charge in [-0.25, -0.2) is 4.79 Å². The van der Waals surface area contributed by atoms with E-state index in [-0.39, 0.29) is 19.6 Å². The Labute approximate surface area is 156 Å². The number of ether oxygens (including phenoxy) is 2. The molecule has 0 radical (unpaired) electrons. The zero-order valence-electron chi connectivity index (χ0n) is 14.8. The van der Waals surface area contributed by atoms with Crippen molar-refractivity contribution in [3.63, 3.8) is 0 Å². The van der Waals surface area contributed by atoms with Crippen molar-refractivity contribution in [1.29, 1.82) is 0 Å². The predicted molar refractivity (Wildman–Crippen MR) is 96.9 cm³/mol. The molecule has 4 nitrogen and oxygen atoms in total. The summed E-state index contributed by atoms with van der Waals surface area (Å²) in [6.07, 6.45) is -2.32. The number of carbonyl (C=O) groups is 1. The van der Waals surface area contributed by atoms with Gasteiger partial charge in [-0.1, -0.05) is 60.7 Å². The largest absolute Gasteiger partial charge is 0.511 e. The summed E-state index contributed by atoms with van der Waals surface area (Å²) in [5.74, 6) is -2.59. The van der Waals surface area contributed by atoms with Crippen molar-refractivity contribution < 1.29 is 28.2 Å². The number of halogens is 2. The van der Waals surface area contributed by atoms with Gasteiger partial charge < -0.3 is 14.6 Å². The number of benzene rings is 2. The van der Waals surface area contributed by atoms with Crippen molar-refractivity contribution in [3.05, 3.63) is 95.0 Å². The Morgan fingerprint density at radius 1 is 0.926 bits per heavy atom. The average molecular weight is 374 g/mol. The number of allylic oxidation sites excluding steroid dienone is 1. The van der Waals surface area contributed by atoms with E-state index in [1.165, 1.54) is 0 Å².